The smallest absolute Gasteiger partial charge is 0.414 e. The largest absolute Gasteiger partial charge is 0.493 e. The molecule has 1 atom stereocenters. The molecular weight excluding hydrogens is 292 g/mol. The van der Waals surface area contributed by atoms with Gasteiger partial charge < -0.3 is 9.47 Å². The molecule has 0 saturated carbocycles. The molecule has 1 aromatic carbocycles. The maximum absolute atomic E-state index is 12.4. The molecular formula is C14H12N2O4S. The summed E-state index contributed by atoms with van der Waals surface area (Å²) in [7, 11) is 0. The highest BCUT2D eigenvalue weighted by Gasteiger charge is 2.29. The third-order valence-electron chi connectivity index (χ3n) is 2.97. The highest BCUT2D eigenvalue weighted by molar-refractivity contribution is 7.13. The second kappa shape index (κ2) is 5.92. The maximum Gasteiger partial charge on any atom is 0.414 e. The summed E-state index contributed by atoms with van der Waals surface area (Å²) >= 11 is 1.27. The molecule has 0 radical (unpaired) electrons. The predicted octanol–water partition coefficient (Wildman–Crippen LogP) is 2.73. The van der Waals surface area contributed by atoms with Crippen molar-refractivity contribution in [1.29, 1.82) is 0 Å². The summed E-state index contributed by atoms with van der Waals surface area (Å²) < 4.78 is 10.7. The highest BCUT2D eigenvalue weighted by atomic mass is 32.1. The van der Waals surface area contributed by atoms with Crippen LogP contribution in [0, 0.1) is 0 Å². The molecule has 7 heteroatoms. The van der Waals surface area contributed by atoms with Crippen LogP contribution < -0.4 is 10.1 Å². The highest BCUT2D eigenvalue weighted by Crippen LogP contribution is 2.25. The molecule has 1 unspecified atom stereocenters. The number of para-hydroxylation sites is 1. The fourth-order valence-corrected chi connectivity index (χ4v) is 2.53. The van der Waals surface area contributed by atoms with Crippen LogP contribution in [0.4, 0.5) is 9.93 Å². The van der Waals surface area contributed by atoms with Crippen molar-refractivity contribution in [1.82, 2.24) is 4.98 Å². The lowest BCUT2D eigenvalue weighted by Gasteiger charge is -2.13. The van der Waals surface area contributed by atoms with Crippen LogP contribution >= 0.6 is 11.3 Å². The Kier molecular flexibility index (Phi) is 3.83. The van der Waals surface area contributed by atoms with Crippen molar-refractivity contribution in [2.75, 3.05) is 11.9 Å². The van der Waals surface area contributed by atoms with Gasteiger partial charge in [0.05, 0.1) is 12.2 Å². The Hall–Kier alpha value is -2.41. The molecule has 2 heterocycles. The van der Waals surface area contributed by atoms with E-state index in [1.807, 2.05) is 0 Å². The van der Waals surface area contributed by atoms with Gasteiger partial charge in [0, 0.05) is 18.0 Å². The van der Waals surface area contributed by atoms with Gasteiger partial charge in [0.2, 0.25) is 5.78 Å². The second-order valence-corrected chi connectivity index (χ2v) is 5.25. The number of ketones is 1. The van der Waals surface area contributed by atoms with E-state index >= 15 is 0 Å². The molecule has 21 heavy (non-hydrogen) atoms. The molecule has 0 saturated heterocycles. The van der Waals surface area contributed by atoms with Gasteiger partial charge in [-0.1, -0.05) is 12.1 Å². The number of carbonyl (C=O) groups is 2. The molecule has 6 nitrogen and oxygen atoms in total. The number of carbonyl (C=O) groups excluding carboxylic acids is 2. The third-order valence-corrected chi connectivity index (χ3v) is 3.66. The van der Waals surface area contributed by atoms with E-state index in [9.17, 15) is 9.59 Å². The van der Waals surface area contributed by atoms with Crippen LogP contribution in [0.5, 0.6) is 5.75 Å². The van der Waals surface area contributed by atoms with Gasteiger partial charge in [0.1, 0.15) is 5.75 Å². The fourth-order valence-electron chi connectivity index (χ4n) is 2.02. The zero-order valence-electron chi connectivity index (χ0n) is 10.9. The van der Waals surface area contributed by atoms with Gasteiger partial charge in [-0.3, -0.25) is 10.1 Å². The van der Waals surface area contributed by atoms with Gasteiger partial charge in [-0.15, -0.1) is 11.3 Å². The van der Waals surface area contributed by atoms with Crippen LogP contribution in [0.15, 0.2) is 35.8 Å². The van der Waals surface area contributed by atoms with Gasteiger partial charge in [-0.2, -0.15) is 0 Å². The van der Waals surface area contributed by atoms with Crippen LogP contribution in [0.3, 0.4) is 0 Å². The van der Waals surface area contributed by atoms with Crippen LogP contribution in [0.2, 0.25) is 0 Å². The van der Waals surface area contributed by atoms with Crippen LogP contribution in [-0.2, 0) is 4.74 Å². The molecule has 1 aliphatic rings. The number of hydrogen-bond donors (Lipinski definition) is 1. The number of ether oxygens (including phenoxy) is 2. The Balaban J connectivity index is 1.71. The molecule has 0 bridgehead atoms. The summed E-state index contributed by atoms with van der Waals surface area (Å²) in [6, 6.07) is 6.93. The summed E-state index contributed by atoms with van der Waals surface area (Å²) in [5.74, 6) is 0.270. The molecule has 1 aromatic heterocycles. The molecule has 0 aliphatic carbocycles. The van der Waals surface area contributed by atoms with Crippen LogP contribution in [-0.4, -0.2) is 29.6 Å². The third kappa shape index (κ3) is 3.03. The van der Waals surface area contributed by atoms with E-state index in [2.05, 4.69) is 10.3 Å². The summed E-state index contributed by atoms with van der Waals surface area (Å²) in [6.45, 7) is 0.317. The second-order valence-electron chi connectivity index (χ2n) is 4.35. The first-order valence-corrected chi connectivity index (χ1v) is 7.25. The Morgan fingerprint density at radius 2 is 2.29 bits per heavy atom. The van der Waals surface area contributed by atoms with Gasteiger partial charge in [0.15, 0.2) is 11.2 Å². The van der Waals surface area contributed by atoms with Crippen molar-refractivity contribution in [3.8, 4) is 5.75 Å². The molecule has 1 amide bonds. The zero-order chi connectivity index (χ0) is 14.7. The van der Waals surface area contributed by atoms with E-state index in [0.29, 0.717) is 29.5 Å². The minimum Gasteiger partial charge on any atom is -0.493 e. The minimum absolute atomic E-state index is 0.252. The first-order valence-electron chi connectivity index (χ1n) is 6.37. The average molecular weight is 304 g/mol. The number of rotatable bonds is 2. The topological polar surface area (TPSA) is 77.5 Å². The number of nitrogens with one attached hydrogen (secondary N) is 1. The summed E-state index contributed by atoms with van der Waals surface area (Å²) in [6.07, 6.45) is 0.344. The van der Waals surface area contributed by atoms with Crippen LogP contribution in [0.1, 0.15) is 16.8 Å². The number of Topliss-reactive ketones (excluding diaryl/α,β-unsaturated/α-hetero) is 1. The van der Waals surface area contributed by atoms with Crippen LogP contribution in [0.25, 0.3) is 0 Å². The number of fused-ring (bicyclic) bond motifs is 1. The monoisotopic (exact) mass is 304 g/mol. The number of aromatic nitrogens is 1. The molecule has 1 N–H and O–H groups in total. The van der Waals surface area contributed by atoms with Gasteiger partial charge in [-0.05, 0) is 12.1 Å². The summed E-state index contributed by atoms with van der Waals surface area (Å²) in [5.41, 5.74) is 0.432. The number of amides is 1. The Labute approximate surface area is 124 Å². The quantitative estimate of drug-likeness (QED) is 0.923. The van der Waals surface area contributed by atoms with Crippen molar-refractivity contribution in [2.45, 2.75) is 12.5 Å². The lowest BCUT2D eigenvalue weighted by atomic mass is 10.0. The average Bonchev–Trinajstić information content (AvgIpc) is 2.93. The summed E-state index contributed by atoms with van der Waals surface area (Å²) in [5, 5.41) is 4.65. The van der Waals surface area contributed by atoms with E-state index < -0.39 is 12.2 Å². The number of benzene rings is 1. The first-order chi connectivity index (χ1) is 10.2. The lowest BCUT2D eigenvalue weighted by molar-refractivity contribution is 0.0638. The van der Waals surface area contributed by atoms with E-state index in [1.54, 1.807) is 35.8 Å². The van der Waals surface area contributed by atoms with Crippen molar-refractivity contribution in [3.63, 3.8) is 0 Å². The minimum atomic E-state index is -0.853. The molecule has 0 spiro atoms. The Morgan fingerprint density at radius 3 is 3.10 bits per heavy atom. The predicted molar refractivity (Wildman–Crippen MR) is 76.9 cm³/mol. The number of hydrogen-bond acceptors (Lipinski definition) is 6. The normalized spacial score (nSPS) is 17.3. The van der Waals surface area contributed by atoms with E-state index in [1.165, 1.54) is 11.3 Å². The van der Waals surface area contributed by atoms with Gasteiger partial charge >= 0.3 is 6.09 Å². The molecule has 108 valence electrons. The van der Waals surface area contributed by atoms with E-state index in [-0.39, 0.29) is 5.78 Å². The van der Waals surface area contributed by atoms with Crippen molar-refractivity contribution in [2.24, 2.45) is 0 Å². The molecule has 0 fully saturated rings. The van der Waals surface area contributed by atoms with Crippen molar-refractivity contribution in [3.05, 3.63) is 41.4 Å². The molecule has 2 aromatic rings. The Morgan fingerprint density at radius 1 is 1.43 bits per heavy atom. The zero-order valence-corrected chi connectivity index (χ0v) is 11.8. The Bertz CT molecular complexity index is 657. The van der Waals surface area contributed by atoms with Gasteiger partial charge in [-0.25, -0.2) is 9.78 Å². The molecule has 1 aliphatic heterocycles. The number of thiazole rings is 1. The molecule has 3 rings (SSSR count). The van der Waals surface area contributed by atoms with Crippen molar-refractivity contribution < 1.29 is 19.1 Å². The SMILES string of the molecule is O=C(Nc1nccs1)OC1CCOc2ccccc2C1=O. The van der Waals surface area contributed by atoms with E-state index in [0.717, 1.165) is 0 Å². The fraction of sp³-hybridized carbons (Fsp3) is 0.214. The maximum atomic E-state index is 12.4. The van der Waals surface area contributed by atoms with E-state index in [4.69, 9.17) is 9.47 Å². The number of anilines is 1. The summed E-state index contributed by atoms with van der Waals surface area (Å²) in [4.78, 5) is 28.1. The standard InChI is InChI=1S/C14H12N2O4S/c17-12-9-3-1-2-4-10(9)19-7-5-11(12)20-14(18)16-13-15-6-8-21-13/h1-4,6,8,11H,5,7H2,(H,15,16,18). The lowest BCUT2D eigenvalue weighted by Crippen LogP contribution is -2.29. The first kappa shape index (κ1) is 13.6. The van der Waals surface area contributed by atoms with Gasteiger partial charge in [0.25, 0.3) is 0 Å². The number of nitrogens with zero attached hydrogens (tertiary/aromatic N) is 1. The van der Waals surface area contributed by atoms with Crippen molar-refractivity contribution >= 4 is 28.3 Å².